The van der Waals surface area contributed by atoms with Gasteiger partial charge in [0.2, 0.25) is 5.95 Å². The average molecular weight is 426 g/mol. The van der Waals surface area contributed by atoms with Crippen molar-refractivity contribution in [2.24, 2.45) is 0 Å². The number of nitrogens with zero attached hydrogens (tertiary/aromatic N) is 4. The van der Waals surface area contributed by atoms with Crippen LogP contribution in [-0.2, 0) is 0 Å². The molecular formula is C28H18N4O. The van der Waals surface area contributed by atoms with Crippen molar-refractivity contribution < 1.29 is 4.42 Å². The smallest absolute Gasteiger partial charge is 0.241 e. The summed E-state index contributed by atoms with van der Waals surface area (Å²) >= 11 is 0. The van der Waals surface area contributed by atoms with Gasteiger partial charge >= 0.3 is 0 Å². The van der Waals surface area contributed by atoms with Crippen molar-refractivity contribution in [2.45, 2.75) is 0 Å². The van der Waals surface area contributed by atoms with Crippen LogP contribution in [0.1, 0.15) is 0 Å². The highest BCUT2D eigenvalue weighted by atomic mass is 16.3. The summed E-state index contributed by atoms with van der Waals surface area (Å²) in [5, 5.41) is 12.8. The quantitative estimate of drug-likeness (QED) is 0.313. The predicted molar refractivity (Wildman–Crippen MR) is 131 cm³/mol. The van der Waals surface area contributed by atoms with E-state index in [1.54, 1.807) is 6.26 Å². The standard InChI is InChI=1S/C28H18N4O/c1-3-9-19(10-4-1)27-29-30-28(31(27)21-11-5-2-6-12-21)32-24-14-8-7-13-22(24)23-17-20-15-16-33-26(20)18-25(23)32/h1-18H. The second kappa shape index (κ2) is 6.93. The number of benzene rings is 4. The van der Waals surface area contributed by atoms with Crippen LogP contribution in [-0.4, -0.2) is 19.3 Å². The van der Waals surface area contributed by atoms with Crippen LogP contribution in [0.3, 0.4) is 0 Å². The Morgan fingerprint density at radius 3 is 2.21 bits per heavy atom. The van der Waals surface area contributed by atoms with Crippen molar-refractivity contribution >= 4 is 32.8 Å². The van der Waals surface area contributed by atoms with Gasteiger partial charge in [-0.25, -0.2) is 0 Å². The maximum absolute atomic E-state index is 5.75. The van der Waals surface area contributed by atoms with Gasteiger partial charge in [0.15, 0.2) is 5.82 Å². The fraction of sp³-hybridized carbons (Fsp3) is 0. The van der Waals surface area contributed by atoms with Crippen molar-refractivity contribution in [2.75, 3.05) is 0 Å². The van der Waals surface area contributed by atoms with E-state index in [0.29, 0.717) is 0 Å². The van der Waals surface area contributed by atoms with Gasteiger partial charge in [-0.15, -0.1) is 10.2 Å². The third kappa shape index (κ3) is 2.66. The highest BCUT2D eigenvalue weighted by molar-refractivity contribution is 6.12. The molecular weight excluding hydrogens is 408 g/mol. The van der Waals surface area contributed by atoms with Gasteiger partial charge in [-0.05, 0) is 30.3 Å². The van der Waals surface area contributed by atoms with Crippen LogP contribution < -0.4 is 0 Å². The lowest BCUT2D eigenvalue weighted by molar-refractivity contribution is 0.616. The topological polar surface area (TPSA) is 48.8 Å². The zero-order chi connectivity index (χ0) is 21.8. The molecule has 33 heavy (non-hydrogen) atoms. The summed E-state index contributed by atoms with van der Waals surface area (Å²) in [6.45, 7) is 0. The van der Waals surface area contributed by atoms with Crippen LogP contribution in [0, 0.1) is 0 Å². The molecule has 0 amide bonds. The van der Waals surface area contributed by atoms with E-state index in [9.17, 15) is 0 Å². The predicted octanol–water partition coefficient (Wildman–Crippen LogP) is 6.78. The summed E-state index contributed by atoms with van der Waals surface area (Å²) in [7, 11) is 0. The Labute approximate surface area is 189 Å². The van der Waals surface area contributed by atoms with Gasteiger partial charge in [-0.1, -0.05) is 66.7 Å². The molecule has 0 aliphatic heterocycles. The van der Waals surface area contributed by atoms with Crippen molar-refractivity contribution in [1.82, 2.24) is 19.3 Å². The van der Waals surface area contributed by atoms with Gasteiger partial charge in [0.05, 0.1) is 23.0 Å². The van der Waals surface area contributed by atoms with Crippen LogP contribution in [0.15, 0.2) is 114 Å². The van der Waals surface area contributed by atoms with Crippen LogP contribution in [0.2, 0.25) is 0 Å². The van der Waals surface area contributed by atoms with E-state index in [1.165, 1.54) is 5.39 Å². The molecule has 0 saturated heterocycles. The fourth-order valence-electron chi connectivity index (χ4n) is 4.65. The Morgan fingerprint density at radius 1 is 0.606 bits per heavy atom. The molecule has 0 fully saturated rings. The first-order chi connectivity index (χ1) is 16.4. The van der Waals surface area contributed by atoms with Crippen molar-refractivity contribution in [3.8, 4) is 23.0 Å². The molecule has 5 nitrogen and oxygen atoms in total. The molecule has 7 rings (SSSR count). The molecule has 0 bridgehead atoms. The lowest BCUT2D eigenvalue weighted by Gasteiger charge is -2.13. The molecule has 0 unspecified atom stereocenters. The zero-order valence-electron chi connectivity index (χ0n) is 17.6. The summed E-state index contributed by atoms with van der Waals surface area (Å²) in [5.74, 6) is 1.53. The first kappa shape index (κ1) is 18.0. The Balaban J connectivity index is 1.63. The van der Waals surface area contributed by atoms with E-state index in [1.807, 2.05) is 42.5 Å². The lowest BCUT2D eigenvalue weighted by atomic mass is 10.1. The Morgan fingerprint density at radius 2 is 1.36 bits per heavy atom. The summed E-state index contributed by atoms with van der Waals surface area (Å²) in [4.78, 5) is 0. The molecule has 0 aliphatic carbocycles. The number of hydrogen-bond acceptors (Lipinski definition) is 3. The van der Waals surface area contributed by atoms with Crippen LogP contribution in [0.5, 0.6) is 0 Å². The van der Waals surface area contributed by atoms with Crippen LogP contribution >= 0.6 is 0 Å². The maximum Gasteiger partial charge on any atom is 0.241 e. The van der Waals surface area contributed by atoms with E-state index >= 15 is 0 Å². The van der Waals surface area contributed by atoms with Crippen molar-refractivity contribution in [1.29, 1.82) is 0 Å². The number of fused-ring (bicyclic) bond motifs is 4. The molecule has 4 aromatic carbocycles. The second-order valence-electron chi connectivity index (χ2n) is 8.04. The zero-order valence-corrected chi connectivity index (χ0v) is 17.6. The number of rotatable bonds is 3. The monoisotopic (exact) mass is 426 g/mol. The minimum Gasteiger partial charge on any atom is -0.464 e. The largest absolute Gasteiger partial charge is 0.464 e. The highest BCUT2D eigenvalue weighted by Crippen LogP contribution is 2.36. The van der Waals surface area contributed by atoms with Crippen LogP contribution in [0.25, 0.3) is 55.8 Å². The molecule has 0 saturated carbocycles. The average Bonchev–Trinajstić information content (AvgIpc) is 3.59. The number of hydrogen-bond donors (Lipinski definition) is 0. The molecule has 3 heterocycles. The van der Waals surface area contributed by atoms with E-state index in [0.717, 1.165) is 50.4 Å². The van der Waals surface area contributed by atoms with Gasteiger partial charge in [-0.3, -0.25) is 9.13 Å². The van der Waals surface area contributed by atoms with Gasteiger partial charge in [0.1, 0.15) is 5.58 Å². The molecule has 0 radical (unpaired) electrons. The molecule has 3 aromatic heterocycles. The molecule has 156 valence electrons. The Bertz CT molecular complexity index is 1760. The summed E-state index contributed by atoms with van der Waals surface area (Å²) in [6.07, 6.45) is 1.73. The minimum absolute atomic E-state index is 0.733. The summed E-state index contributed by atoms with van der Waals surface area (Å²) in [6, 6.07) is 35.1. The van der Waals surface area contributed by atoms with Crippen molar-refractivity contribution in [3.05, 3.63) is 109 Å². The molecule has 5 heteroatoms. The molecule has 0 N–H and O–H groups in total. The molecule has 0 aliphatic rings. The first-order valence-electron chi connectivity index (χ1n) is 10.9. The summed E-state index contributed by atoms with van der Waals surface area (Å²) < 4.78 is 10.0. The maximum atomic E-state index is 5.75. The Hall–Kier alpha value is -4.64. The van der Waals surface area contributed by atoms with Gasteiger partial charge < -0.3 is 4.42 Å². The normalized spacial score (nSPS) is 11.6. The fourth-order valence-corrected chi connectivity index (χ4v) is 4.65. The third-order valence-corrected chi connectivity index (χ3v) is 6.14. The third-order valence-electron chi connectivity index (χ3n) is 6.14. The second-order valence-corrected chi connectivity index (χ2v) is 8.04. The number of aromatic nitrogens is 4. The van der Waals surface area contributed by atoms with E-state index in [4.69, 9.17) is 9.52 Å². The first-order valence-corrected chi connectivity index (χ1v) is 10.9. The number of para-hydroxylation sites is 2. The van der Waals surface area contributed by atoms with Crippen molar-refractivity contribution in [3.63, 3.8) is 0 Å². The van der Waals surface area contributed by atoms with Gasteiger partial charge in [0, 0.05) is 27.8 Å². The SMILES string of the molecule is c1ccc(-c2nnc(-n3c4ccccc4c4cc5ccoc5cc43)n2-c2ccccc2)cc1. The minimum atomic E-state index is 0.733. The highest BCUT2D eigenvalue weighted by Gasteiger charge is 2.21. The van der Waals surface area contributed by atoms with E-state index in [2.05, 4.69) is 74.9 Å². The molecule has 0 spiro atoms. The van der Waals surface area contributed by atoms with E-state index in [-0.39, 0.29) is 0 Å². The van der Waals surface area contributed by atoms with E-state index < -0.39 is 0 Å². The van der Waals surface area contributed by atoms with Gasteiger partial charge in [-0.2, -0.15) is 0 Å². The van der Waals surface area contributed by atoms with Crippen LogP contribution in [0.4, 0.5) is 0 Å². The molecule has 0 atom stereocenters. The number of furan rings is 1. The Kier molecular flexibility index (Phi) is 3.78. The summed E-state index contributed by atoms with van der Waals surface area (Å²) in [5.41, 5.74) is 4.96. The lowest BCUT2D eigenvalue weighted by Crippen LogP contribution is -2.06. The van der Waals surface area contributed by atoms with Gasteiger partial charge in [0.25, 0.3) is 0 Å². The molecule has 7 aromatic rings.